The van der Waals surface area contributed by atoms with E-state index in [2.05, 4.69) is 41.8 Å². The summed E-state index contributed by atoms with van der Waals surface area (Å²) in [6.07, 6.45) is 5.24. The van der Waals surface area contributed by atoms with E-state index in [-0.39, 0.29) is 5.82 Å². The molecule has 0 aliphatic heterocycles. The van der Waals surface area contributed by atoms with Crippen LogP contribution in [0.3, 0.4) is 0 Å². The molecule has 18 heavy (non-hydrogen) atoms. The number of rotatable bonds is 1. The van der Waals surface area contributed by atoms with Crippen molar-refractivity contribution in [3.05, 3.63) is 51.6 Å². The van der Waals surface area contributed by atoms with Gasteiger partial charge in [0.1, 0.15) is 5.82 Å². The van der Waals surface area contributed by atoms with Gasteiger partial charge in [-0.3, -0.25) is 4.40 Å². The number of fused-ring (bicyclic) bond motifs is 1. The van der Waals surface area contributed by atoms with Crippen LogP contribution in [0.25, 0.3) is 17.0 Å². The summed E-state index contributed by atoms with van der Waals surface area (Å²) < 4.78 is 17.1. The monoisotopic (exact) mass is 369 g/mol. The average Bonchev–Trinajstić information content (AvgIpc) is 2.71. The smallest absolute Gasteiger partial charge is 0.234 e. The van der Waals surface area contributed by atoms with Crippen molar-refractivity contribution >= 4 is 37.6 Å². The number of imidazole rings is 1. The van der Waals surface area contributed by atoms with Gasteiger partial charge in [0, 0.05) is 28.6 Å². The highest BCUT2D eigenvalue weighted by Gasteiger charge is 2.10. The highest BCUT2D eigenvalue weighted by atomic mass is 79.9. The molecular formula is C12H6Br2FN3. The minimum absolute atomic E-state index is 0.313. The van der Waals surface area contributed by atoms with Gasteiger partial charge in [-0.2, -0.15) is 0 Å². The number of halogens is 3. The molecule has 1 aromatic carbocycles. The maximum absolute atomic E-state index is 13.8. The van der Waals surface area contributed by atoms with Gasteiger partial charge in [-0.1, -0.05) is 15.9 Å². The standard InChI is InChI=1S/C12H6Br2FN3/c13-7-1-2-9(10(15)3-7)11-6-18-5-8(14)4-16-12(18)17-11/h1-6H. The van der Waals surface area contributed by atoms with Gasteiger partial charge in [0.25, 0.3) is 0 Å². The summed E-state index contributed by atoms with van der Waals surface area (Å²) in [5, 5.41) is 0. The molecule has 6 heteroatoms. The van der Waals surface area contributed by atoms with Crippen molar-refractivity contribution < 1.29 is 4.39 Å². The van der Waals surface area contributed by atoms with Crippen molar-refractivity contribution in [2.75, 3.05) is 0 Å². The topological polar surface area (TPSA) is 30.2 Å². The fraction of sp³-hybridized carbons (Fsp3) is 0. The van der Waals surface area contributed by atoms with Gasteiger partial charge in [0.15, 0.2) is 0 Å². The van der Waals surface area contributed by atoms with Crippen molar-refractivity contribution in [1.82, 2.24) is 14.4 Å². The zero-order chi connectivity index (χ0) is 12.7. The Morgan fingerprint density at radius 3 is 2.72 bits per heavy atom. The van der Waals surface area contributed by atoms with Crippen LogP contribution in [0.2, 0.25) is 0 Å². The molecule has 2 aromatic heterocycles. The molecule has 0 atom stereocenters. The highest BCUT2D eigenvalue weighted by molar-refractivity contribution is 9.10. The predicted octanol–water partition coefficient (Wildman–Crippen LogP) is 4.06. The maximum Gasteiger partial charge on any atom is 0.234 e. The van der Waals surface area contributed by atoms with Crippen LogP contribution < -0.4 is 0 Å². The lowest BCUT2D eigenvalue weighted by molar-refractivity contribution is 0.630. The number of nitrogens with zero attached hydrogens (tertiary/aromatic N) is 3. The zero-order valence-corrected chi connectivity index (χ0v) is 12.1. The van der Waals surface area contributed by atoms with Crippen LogP contribution in [0.15, 0.2) is 45.7 Å². The lowest BCUT2D eigenvalue weighted by Crippen LogP contribution is -1.85. The van der Waals surface area contributed by atoms with Crippen LogP contribution in [-0.2, 0) is 0 Å². The largest absolute Gasteiger partial charge is 0.289 e. The van der Waals surface area contributed by atoms with E-state index in [1.807, 2.05) is 6.20 Å². The second-order valence-electron chi connectivity index (χ2n) is 3.73. The third-order valence-corrected chi connectivity index (χ3v) is 3.39. The molecule has 0 saturated heterocycles. The van der Waals surface area contributed by atoms with Gasteiger partial charge >= 0.3 is 0 Å². The van der Waals surface area contributed by atoms with Crippen molar-refractivity contribution in [1.29, 1.82) is 0 Å². The Bertz CT molecular complexity index is 739. The first-order valence-corrected chi connectivity index (χ1v) is 6.68. The van der Waals surface area contributed by atoms with Crippen molar-refractivity contribution in [3.8, 4) is 11.3 Å². The Balaban J connectivity index is 2.19. The summed E-state index contributed by atoms with van der Waals surface area (Å²) in [6.45, 7) is 0. The fourth-order valence-corrected chi connectivity index (χ4v) is 2.34. The van der Waals surface area contributed by atoms with Crippen LogP contribution in [0.5, 0.6) is 0 Å². The Morgan fingerprint density at radius 1 is 1.11 bits per heavy atom. The van der Waals surface area contributed by atoms with Crippen LogP contribution in [-0.4, -0.2) is 14.4 Å². The first kappa shape index (κ1) is 11.8. The van der Waals surface area contributed by atoms with E-state index >= 15 is 0 Å². The summed E-state index contributed by atoms with van der Waals surface area (Å²) in [7, 11) is 0. The highest BCUT2D eigenvalue weighted by Crippen LogP contribution is 2.25. The van der Waals surface area contributed by atoms with Gasteiger partial charge in [-0.15, -0.1) is 0 Å². The number of benzene rings is 1. The van der Waals surface area contributed by atoms with E-state index in [1.165, 1.54) is 6.07 Å². The molecule has 0 aliphatic rings. The van der Waals surface area contributed by atoms with E-state index in [0.29, 0.717) is 21.5 Å². The lowest BCUT2D eigenvalue weighted by atomic mass is 10.1. The Labute approximate surface area is 119 Å². The minimum Gasteiger partial charge on any atom is -0.289 e. The van der Waals surface area contributed by atoms with E-state index in [1.54, 1.807) is 28.9 Å². The average molecular weight is 371 g/mol. The Morgan fingerprint density at radius 2 is 1.94 bits per heavy atom. The van der Waals surface area contributed by atoms with Gasteiger partial charge in [-0.05, 0) is 34.1 Å². The molecule has 0 bridgehead atoms. The second-order valence-corrected chi connectivity index (χ2v) is 5.56. The number of hydrogen-bond acceptors (Lipinski definition) is 2. The van der Waals surface area contributed by atoms with Crippen molar-refractivity contribution in [3.63, 3.8) is 0 Å². The molecule has 3 rings (SSSR count). The molecule has 3 nitrogen and oxygen atoms in total. The molecule has 90 valence electrons. The number of aromatic nitrogens is 3. The van der Waals surface area contributed by atoms with Crippen LogP contribution in [0.4, 0.5) is 4.39 Å². The fourth-order valence-electron chi connectivity index (χ4n) is 1.69. The van der Waals surface area contributed by atoms with E-state index < -0.39 is 0 Å². The minimum atomic E-state index is -0.313. The Kier molecular flexibility index (Phi) is 2.91. The molecule has 0 N–H and O–H groups in total. The Hall–Kier alpha value is -1.27. The molecular weight excluding hydrogens is 365 g/mol. The first-order valence-electron chi connectivity index (χ1n) is 5.09. The molecule has 0 aliphatic carbocycles. The molecule has 0 fully saturated rings. The molecule has 0 unspecified atom stereocenters. The molecule has 0 saturated carbocycles. The third-order valence-electron chi connectivity index (χ3n) is 2.49. The molecule has 3 aromatic rings. The second kappa shape index (κ2) is 4.44. The van der Waals surface area contributed by atoms with Gasteiger partial charge < -0.3 is 0 Å². The summed E-state index contributed by atoms with van der Waals surface area (Å²) in [6, 6.07) is 4.89. The van der Waals surface area contributed by atoms with Crippen molar-refractivity contribution in [2.45, 2.75) is 0 Å². The van der Waals surface area contributed by atoms with Crippen LogP contribution in [0, 0.1) is 5.82 Å². The predicted molar refractivity (Wildman–Crippen MR) is 73.8 cm³/mol. The van der Waals surface area contributed by atoms with E-state index in [9.17, 15) is 4.39 Å². The summed E-state index contributed by atoms with van der Waals surface area (Å²) in [5.41, 5.74) is 1.02. The SMILES string of the molecule is Fc1cc(Br)ccc1-c1cn2cc(Br)cnc2n1. The van der Waals surface area contributed by atoms with E-state index in [0.717, 1.165) is 4.47 Å². The van der Waals surface area contributed by atoms with Crippen LogP contribution >= 0.6 is 31.9 Å². The maximum atomic E-state index is 13.8. The normalized spacial score (nSPS) is 11.1. The van der Waals surface area contributed by atoms with Gasteiger partial charge in [0.2, 0.25) is 5.78 Å². The lowest BCUT2D eigenvalue weighted by Gasteiger charge is -1.98. The molecule has 2 heterocycles. The first-order chi connectivity index (χ1) is 8.63. The quantitative estimate of drug-likeness (QED) is 0.646. The number of hydrogen-bond donors (Lipinski definition) is 0. The summed E-state index contributed by atoms with van der Waals surface area (Å²) >= 11 is 6.56. The van der Waals surface area contributed by atoms with E-state index in [4.69, 9.17) is 0 Å². The molecule has 0 amide bonds. The molecule has 0 radical (unpaired) electrons. The van der Waals surface area contributed by atoms with Gasteiger partial charge in [0.05, 0.1) is 10.2 Å². The third kappa shape index (κ3) is 2.06. The summed E-state index contributed by atoms with van der Waals surface area (Å²) in [5.74, 6) is 0.224. The summed E-state index contributed by atoms with van der Waals surface area (Å²) in [4.78, 5) is 8.44. The van der Waals surface area contributed by atoms with Crippen LogP contribution in [0.1, 0.15) is 0 Å². The van der Waals surface area contributed by atoms with Crippen molar-refractivity contribution in [2.24, 2.45) is 0 Å². The van der Waals surface area contributed by atoms with Gasteiger partial charge in [-0.25, -0.2) is 14.4 Å². The molecule has 0 spiro atoms. The zero-order valence-electron chi connectivity index (χ0n) is 8.94.